The SMILES string of the molecule is C=C(C)C(=O)OC1CCC(Oc2ccc3cc(-c4ccc(CC)cc4)sc3c2)C1C(F)(F)F. The van der Waals surface area contributed by atoms with E-state index in [9.17, 15) is 18.0 Å². The molecule has 0 aliphatic heterocycles. The first-order chi connectivity index (χ1) is 15.7. The number of aryl methyl sites for hydroxylation is 1. The van der Waals surface area contributed by atoms with E-state index < -0.39 is 30.3 Å². The van der Waals surface area contributed by atoms with Gasteiger partial charge in [0.15, 0.2) is 0 Å². The molecule has 0 radical (unpaired) electrons. The Hall–Kier alpha value is -2.80. The van der Waals surface area contributed by atoms with Crippen molar-refractivity contribution in [2.24, 2.45) is 5.92 Å². The van der Waals surface area contributed by atoms with Gasteiger partial charge in [-0.15, -0.1) is 11.3 Å². The molecule has 4 rings (SSSR count). The van der Waals surface area contributed by atoms with Gasteiger partial charge < -0.3 is 9.47 Å². The van der Waals surface area contributed by atoms with Gasteiger partial charge in [-0.1, -0.05) is 37.8 Å². The summed E-state index contributed by atoms with van der Waals surface area (Å²) in [6.45, 7) is 6.97. The highest BCUT2D eigenvalue weighted by Crippen LogP contribution is 2.43. The molecule has 0 bridgehead atoms. The van der Waals surface area contributed by atoms with Crippen LogP contribution in [0.3, 0.4) is 0 Å². The third-order valence-electron chi connectivity index (χ3n) is 5.95. The predicted octanol–water partition coefficient (Wildman–Crippen LogP) is 7.34. The Morgan fingerprint density at radius 2 is 1.79 bits per heavy atom. The van der Waals surface area contributed by atoms with E-state index in [0.717, 1.165) is 26.9 Å². The molecule has 2 aromatic carbocycles. The van der Waals surface area contributed by atoms with Gasteiger partial charge >= 0.3 is 12.1 Å². The number of ether oxygens (including phenoxy) is 2. The van der Waals surface area contributed by atoms with Crippen LogP contribution in [0.25, 0.3) is 20.5 Å². The summed E-state index contributed by atoms with van der Waals surface area (Å²) in [5.41, 5.74) is 2.44. The molecule has 0 saturated heterocycles. The van der Waals surface area contributed by atoms with Crippen LogP contribution in [0.2, 0.25) is 0 Å². The summed E-state index contributed by atoms with van der Waals surface area (Å²) in [7, 11) is 0. The largest absolute Gasteiger partial charge is 0.490 e. The molecule has 33 heavy (non-hydrogen) atoms. The van der Waals surface area contributed by atoms with Gasteiger partial charge in [0.05, 0.1) is 0 Å². The average molecular weight is 475 g/mol. The first-order valence-electron chi connectivity index (χ1n) is 10.9. The number of esters is 1. The number of carbonyl (C=O) groups excluding carboxylic acids is 1. The van der Waals surface area contributed by atoms with Crippen molar-refractivity contribution in [3.05, 3.63) is 66.2 Å². The lowest BCUT2D eigenvalue weighted by atomic mass is 10.0. The van der Waals surface area contributed by atoms with Crippen molar-refractivity contribution in [2.45, 2.75) is 51.5 Å². The second kappa shape index (κ2) is 9.21. The quantitative estimate of drug-likeness (QED) is 0.277. The van der Waals surface area contributed by atoms with Crippen LogP contribution in [-0.4, -0.2) is 24.4 Å². The number of carbonyl (C=O) groups is 1. The minimum atomic E-state index is -4.55. The molecule has 174 valence electrons. The molecular formula is C26H25F3O3S. The molecule has 1 aliphatic carbocycles. The second-order valence-electron chi connectivity index (χ2n) is 8.39. The molecule has 1 heterocycles. The van der Waals surface area contributed by atoms with E-state index in [0.29, 0.717) is 5.75 Å². The van der Waals surface area contributed by atoms with Gasteiger partial charge in [0.2, 0.25) is 0 Å². The minimum Gasteiger partial charge on any atom is -0.490 e. The highest BCUT2D eigenvalue weighted by Gasteiger charge is 2.55. The molecule has 3 unspecified atom stereocenters. The lowest BCUT2D eigenvalue weighted by molar-refractivity contribution is -0.215. The van der Waals surface area contributed by atoms with Crippen LogP contribution < -0.4 is 4.74 Å². The van der Waals surface area contributed by atoms with E-state index in [1.807, 2.05) is 6.07 Å². The molecule has 1 fully saturated rings. The van der Waals surface area contributed by atoms with Crippen molar-refractivity contribution in [2.75, 3.05) is 0 Å². The van der Waals surface area contributed by atoms with Crippen molar-refractivity contribution in [1.82, 2.24) is 0 Å². The maximum Gasteiger partial charge on any atom is 0.398 e. The van der Waals surface area contributed by atoms with E-state index in [-0.39, 0.29) is 18.4 Å². The van der Waals surface area contributed by atoms with Crippen LogP contribution in [0.15, 0.2) is 60.7 Å². The number of rotatable bonds is 6. The van der Waals surface area contributed by atoms with Crippen LogP contribution in [0, 0.1) is 5.92 Å². The maximum atomic E-state index is 13.8. The molecule has 3 nitrogen and oxygen atoms in total. The molecule has 1 aromatic heterocycles. The van der Waals surface area contributed by atoms with Crippen molar-refractivity contribution in [1.29, 1.82) is 0 Å². The Labute approximate surface area is 194 Å². The smallest absolute Gasteiger partial charge is 0.398 e. The first kappa shape index (κ1) is 23.4. The van der Waals surface area contributed by atoms with Crippen molar-refractivity contribution in [3.63, 3.8) is 0 Å². The van der Waals surface area contributed by atoms with E-state index in [4.69, 9.17) is 9.47 Å². The zero-order chi connectivity index (χ0) is 23.8. The normalized spacial score (nSPS) is 20.7. The zero-order valence-electron chi connectivity index (χ0n) is 18.4. The lowest BCUT2D eigenvalue weighted by Gasteiger charge is -2.27. The Balaban J connectivity index is 1.54. The monoisotopic (exact) mass is 474 g/mol. The fourth-order valence-electron chi connectivity index (χ4n) is 4.16. The minimum absolute atomic E-state index is 0.0728. The van der Waals surface area contributed by atoms with Gasteiger partial charge in [-0.05, 0) is 67.0 Å². The van der Waals surface area contributed by atoms with Gasteiger partial charge in [-0.25, -0.2) is 4.79 Å². The Kier molecular flexibility index (Phi) is 6.52. The molecule has 3 aromatic rings. The Bertz CT molecular complexity index is 1160. The summed E-state index contributed by atoms with van der Waals surface area (Å²) < 4.78 is 53.3. The lowest BCUT2D eigenvalue weighted by Crippen LogP contribution is -2.41. The van der Waals surface area contributed by atoms with Crippen LogP contribution in [0.4, 0.5) is 13.2 Å². The van der Waals surface area contributed by atoms with Gasteiger partial charge in [-0.2, -0.15) is 13.2 Å². The number of halogens is 3. The summed E-state index contributed by atoms with van der Waals surface area (Å²) in [5.74, 6) is -2.31. The van der Waals surface area contributed by atoms with E-state index in [2.05, 4.69) is 43.8 Å². The summed E-state index contributed by atoms with van der Waals surface area (Å²) in [6, 6.07) is 15.8. The third-order valence-corrected chi connectivity index (χ3v) is 7.09. The third kappa shape index (κ3) is 5.08. The van der Waals surface area contributed by atoms with Crippen molar-refractivity contribution in [3.8, 4) is 16.2 Å². The number of alkyl halides is 3. The second-order valence-corrected chi connectivity index (χ2v) is 9.47. The van der Waals surface area contributed by atoms with E-state index in [1.165, 1.54) is 12.5 Å². The average Bonchev–Trinajstić information content (AvgIpc) is 3.37. The van der Waals surface area contributed by atoms with Gasteiger partial charge in [0.25, 0.3) is 0 Å². The van der Waals surface area contributed by atoms with Crippen molar-refractivity contribution >= 4 is 27.4 Å². The summed E-state index contributed by atoms with van der Waals surface area (Å²) in [5, 5.41) is 1.01. The predicted molar refractivity (Wildman–Crippen MR) is 125 cm³/mol. The molecule has 0 N–H and O–H groups in total. The standard InChI is InChI=1S/C26H25F3O3S/c1-4-16-5-7-17(8-6-16)22-13-18-9-10-19(14-23(18)33-22)31-20-11-12-21(24(20)26(27,28)29)32-25(30)15(2)3/h5-10,13-14,20-21,24H,2,4,11-12H2,1,3H3. The van der Waals surface area contributed by atoms with Gasteiger partial charge in [0.1, 0.15) is 23.9 Å². The van der Waals surface area contributed by atoms with Crippen molar-refractivity contribution < 1.29 is 27.4 Å². The highest BCUT2D eigenvalue weighted by atomic mass is 32.1. The molecular weight excluding hydrogens is 449 g/mol. The number of hydrogen-bond acceptors (Lipinski definition) is 4. The number of fused-ring (bicyclic) bond motifs is 1. The number of hydrogen-bond donors (Lipinski definition) is 0. The van der Waals surface area contributed by atoms with Crippen LogP contribution in [-0.2, 0) is 16.0 Å². The summed E-state index contributed by atoms with van der Waals surface area (Å²) in [6.07, 6.45) is -5.73. The maximum absolute atomic E-state index is 13.8. The Morgan fingerprint density at radius 3 is 2.42 bits per heavy atom. The van der Waals surface area contributed by atoms with Crippen LogP contribution >= 0.6 is 11.3 Å². The summed E-state index contributed by atoms with van der Waals surface area (Å²) >= 11 is 1.57. The fourth-order valence-corrected chi connectivity index (χ4v) is 5.25. The topological polar surface area (TPSA) is 35.5 Å². The van der Waals surface area contributed by atoms with Gasteiger partial charge in [-0.3, -0.25) is 0 Å². The molecule has 1 saturated carbocycles. The summed E-state index contributed by atoms with van der Waals surface area (Å²) in [4.78, 5) is 12.9. The van der Waals surface area contributed by atoms with Crippen LogP contribution in [0.5, 0.6) is 5.75 Å². The van der Waals surface area contributed by atoms with E-state index >= 15 is 0 Å². The van der Waals surface area contributed by atoms with Crippen LogP contribution in [0.1, 0.15) is 32.3 Å². The molecule has 7 heteroatoms. The molecule has 1 aliphatic rings. The zero-order valence-corrected chi connectivity index (χ0v) is 19.3. The Morgan fingerprint density at radius 1 is 1.09 bits per heavy atom. The fraction of sp³-hybridized carbons (Fsp3) is 0.346. The molecule has 3 atom stereocenters. The first-order valence-corrected chi connectivity index (χ1v) is 11.7. The molecule has 0 amide bonds. The van der Waals surface area contributed by atoms with Gasteiger partial charge in [0, 0.05) is 15.2 Å². The number of thiophene rings is 1. The van der Waals surface area contributed by atoms with E-state index in [1.54, 1.807) is 23.5 Å². The number of benzene rings is 2. The molecule has 0 spiro atoms. The highest BCUT2D eigenvalue weighted by molar-refractivity contribution is 7.22.